The molecule has 0 bridgehead atoms. The van der Waals surface area contributed by atoms with Crippen LogP contribution in [0, 0.1) is 0 Å². The highest BCUT2D eigenvalue weighted by Gasteiger charge is 2.33. The van der Waals surface area contributed by atoms with Gasteiger partial charge in [0.05, 0.1) is 16.0 Å². The number of rotatable bonds is 7. The fourth-order valence-electron chi connectivity index (χ4n) is 4.44. The van der Waals surface area contributed by atoms with Gasteiger partial charge in [0, 0.05) is 11.6 Å². The van der Waals surface area contributed by atoms with E-state index < -0.39 is 21.8 Å². The van der Waals surface area contributed by atoms with Crippen molar-refractivity contribution in [1.82, 2.24) is 9.71 Å². The van der Waals surface area contributed by atoms with E-state index in [2.05, 4.69) is 9.71 Å². The Morgan fingerprint density at radius 2 is 1.56 bits per heavy atom. The van der Waals surface area contributed by atoms with Gasteiger partial charge in [-0.15, -0.1) is 0 Å². The highest BCUT2D eigenvalue weighted by molar-refractivity contribution is 7.89. The van der Waals surface area contributed by atoms with Gasteiger partial charge in [-0.2, -0.15) is 13.2 Å². The van der Waals surface area contributed by atoms with Crippen molar-refractivity contribution in [3.8, 4) is 22.6 Å². The third-order valence-corrected chi connectivity index (χ3v) is 7.71. The van der Waals surface area contributed by atoms with Crippen LogP contribution in [0.4, 0.5) is 13.2 Å². The molecule has 0 spiro atoms. The number of benzene rings is 4. The molecule has 1 aromatic heterocycles. The number of ether oxygens (including phenoxy) is 1. The molecule has 0 atom stereocenters. The van der Waals surface area contributed by atoms with Gasteiger partial charge >= 0.3 is 6.18 Å². The van der Waals surface area contributed by atoms with Gasteiger partial charge in [-0.3, -0.25) is 4.98 Å². The first kappa shape index (κ1) is 26.4. The van der Waals surface area contributed by atoms with Gasteiger partial charge in [-0.25, -0.2) is 13.1 Å². The number of pyridine rings is 1. The van der Waals surface area contributed by atoms with Crippen LogP contribution in [0.3, 0.4) is 0 Å². The minimum absolute atomic E-state index is 0.0976. The molecule has 5 rings (SSSR count). The van der Waals surface area contributed by atoms with Crippen molar-refractivity contribution in [3.05, 3.63) is 120 Å². The Morgan fingerprint density at radius 3 is 2.26 bits per heavy atom. The lowest BCUT2D eigenvalue weighted by molar-refractivity contribution is -0.136. The molecule has 1 N–H and O–H groups in total. The number of para-hydroxylation sites is 1. The Bertz CT molecular complexity index is 1740. The molecule has 0 amide bonds. The molecule has 0 saturated carbocycles. The van der Waals surface area contributed by atoms with Crippen molar-refractivity contribution in [2.24, 2.45) is 0 Å². The Morgan fingerprint density at radius 1 is 0.846 bits per heavy atom. The summed E-state index contributed by atoms with van der Waals surface area (Å²) in [4.78, 5) is 4.35. The lowest BCUT2D eigenvalue weighted by Crippen LogP contribution is -2.18. The summed E-state index contributed by atoms with van der Waals surface area (Å²) in [6.07, 6.45) is -2.57. The van der Waals surface area contributed by atoms with Crippen LogP contribution in [0.1, 0.15) is 16.7 Å². The fraction of sp³-hybridized carbons (Fsp3) is 0.100. The number of aromatic nitrogens is 1. The summed E-state index contributed by atoms with van der Waals surface area (Å²) in [6.45, 7) is 0. The van der Waals surface area contributed by atoms with Crippen molar-refractivity contribution in [2.75, 3.05) is 7.05 Å². The molecule has 0 saturated heterocycles. The predicted molar refractivity (Wildman–Crippen MR) is 144 cm³/mol. The largest absolute Gasteiger partial charge is 0.457 e. The molecular formula is C30H23F3N2O3S. The van der Waals surface area contributed by atoms with Gasteiger partial charge in [0.2, 0.25) is 10.0 Å². The van der Waals surface area contributed by atoms with Gasteiger partial charge in [0.1, 0.15) is 11.5 Å². The number of nitrogens with zero attached hydrogens (tertiary/aromatic N) is 1. The molecule has 0 fully saturated rings. The molecule has 198 valence electrons. The van der Waals surface area contributed by atoms with Crippen LogP contribution in [-0.4, -0.2) is 20.4 Å². The molecule has 0 radical (unpaired) electrons. The van der Waals surface area contributed by atoms with Gasteiger partial charge in [0.15, 0.2) is 0 Å². The number of alkyl halides is 3. The smallest absolute Gasteiger partial charge is 0.418 e. The summed E-state index contributed by atoms with van der Waals surface area (Å²) in [7, 11) is -2.26. The topological polar surface area (TPSA) is 68.3 Å². The SMILES string of the molecule is CNS(=O)(=O)c1ccc(Oc2cccc(-c3c(Cc4ccccc4)cnc4c(C(F)(F)F)cccc34)c2)cc1. The number of halogens is 3. The summed E-state index contributed by atoms with van der Waals surface area (Å²) in [5, 5.41) is 0.386. The van der Waals surface area contributed by atoms with Gasteiger partial charge in [-0.05, 0) is 78.2 Å². The van der Waals surface area contributed by atoms with Crippen LogP contribution in [0.15, 0.2) is 108 Å². The first-order valence-corrected chi connectivity index (χ1v) is 13.5. The zero-order chi connectivity index (χ0) is 27.6. The highest BCUT2D eigenvalue weighted by Crippen LogP contribution is 2.40. The average molecular weight is 549 g/mol. The van der Waals surface area contributed by atoms with Crippen molar-refractivity contribution in [2.45, 2.75) is 17.5 Å². The maximum absolute atomic E-state index is 13.8. The van der Waals surface area contributed by atoms with Gasteiger partial charge < -0.3 is 4.74 Å². The molecular weight excluding hydrogens is 525 g/mol. The molecule has 0 unspecified atom stereocenters. The van der Waals surface area contributed by atoms with E-state index >= 15 is 0 Å². The zero-order valence-electron chi connectivity index (χ0n) is 20.7. The monoisotopic (exact) mass is 548 g/mol. The van der Waals surface area contributed by atoms with Crippen LogP contribution in [0.5, 0.6) is 11.5 Å². The molecule has 5 aromatic rings. The normalized spacial score (nSPS) is 12.0. The molecule has 0 aliphatic carbocycles. The van der Waals surface area contributed by atoms with Crippen molar-refractivity contribution in [3.63, 3.8) is 0 Å². The molecule has 5 nitrogen and oxygen atoms in total. The second kappa shape index (κ2) is 10.5. The minimum atomic E-state index is -4.55. The van der Waals surface area contributed by atoms with E-state index in [1.54, 1.807) is 24.3 Å². The Hall–Kier alpha value is -4.21. The van der Waals surface area contributed by atoms with Crippen LogP contribution in [0.2, 0.25) is 0 Å². The number of sulfonamides is 1. The summed E-state index contributed by atoms with van der Waals surface area (Å²) in [5.41, 5.74) is 2.15. The van der Waals surface area contributed by atoms with Crippen molar-refractivity contribution >= 4 is 20.9 Å². The van der Waals surface area contributed by atoms with Crippen LogP contribution in [0.25, 0.3) is 22.0 Å². The first-order valence-electron chi connectivity index (χ1n) is 12.0. The van der Waals surface area contributed by atoms with E-state index in [1.165, 1.54) is 43.6 Å². The fourth-order valence-corrected chi connectivity index (χ4v) is 5.17. The first-order chi connectivity index (χ1) is 18.7. The maximum atomic E-state index is 13.8. The van der Waals surface area contributed by atoms with E-state index in [4.69, 9.17) is 4.74 Å². The Balaban J connectivity index is 1.60. The van der Waals surface area contributed by atoms with E-state index in [0.717, 1.165) is 17.2 Å². The number of hydrogen-bond donors (Lipinski definition) is 1. The van der Waals surface area contributed by atoms with Gasteiger partial charge in [-0.1, -0.05) is 54.6 Å². The predicted octanol–water partition coefficient (Wildman–Crippen LogP) is 7.21. The van der Waals surface area contributed by atoms with E-state index in [9.17, 15) is 21.6 Å². The maximum Gasteiger partial charge on any atom is 0.418 e. The molecule has 0 aliphatic heterocycles. The van der Waals surface area contributed by atoms with Crippen molar-refractivity contribution < 1.29 is 26.3 Å². The number of fused-ring (bicyclic) bond motifs is 1. The quantitative estimate of drug-likeness (QED) is 0.233. The van der Waals surface area contributed by atoms with Crippen LogP contribution in [-0.2, 0) is 22.6 Å². The third-order valence-electron chi connectivity index (χ3n) is 6.28. The molecule has 1 heterocycles. The number of hydrogen-bond acceptors (Lipinski definition) is 4. The Kier molecular flexibility index (Phi) is 7.12. The summed E-state index contributed by atoms with van der Waals surface area (Å²) in [6, 6.07) is 26.7. The lowest BCUT2D eigenvalue weighted by atomic mass is 9.92. The number of nitrogens with one attached hydrogen (secondary N) is 1. The second-order valence-electron chi connectivity index (χ2n) is 8.83. The molecule has 39 heavy (non-hydrogen) atoms. The third kappa shape index (κ3) is 5.64. The standard InChI is InChI=1S/C30H23F3N2O3S/c1-34-39(36,37)25-15-13-23(14-16-25)38-24-10-5-9-21(18-24)28-22(17-20-7-3-2-4-8-20)19-35-29-26(28)11-6-12-27(29)30(31,32)33/h2-16,18-19,34H,17H2,1H3. The van der Waals surface area contributed by atoms with Crippen LogP contribution >= 0.6 is 0 Å². The highest BCUT2D eigenvalue weighted by atomic mass is 32.2. The zero-order valence-corrected chi connectivity index (χ0v) is 21.6. The summed E-state index contributed by atoms with van der Waals surface area (Å²) >= 11 is 0. The summed E-state index contributed by atoms with van der Waals surface area (Å²) < 4.78 is 73.7. The average Bonchev–Trinajstić information content (AvgIpc) is 2.93. The van der Waals surface area contributed by atoms with Crippen molar-refractivity contribution in [1.29, 1.82) is 0 Å². The summed E-state index contributed by atoms with van der Waals surface area (Å²) in [5.74, 6) is 0.852. The van der Waals surface area contributed by atoms with Crippen LogP contribution < -0.4 is 9.46 Å². The molecule has 9 heteroatoms. The molecule has 4 aromatic carbocycles. The van der Waals surface area contributed by atoms with Gasteiger partial charge in [0.25, 0.3) is 0 Å². The second-order valence-corrected chi connectivity index (χ2v) is 10.7. The molecule has 0 aliphatic rings. The Labute approximate surface area is 224 Å². The van der Waals surface area contributed by atoms with E-state index in [-0.39, 0.29) is 10.4 Å². The lowest BCUT2D eigenvalue weighted by Gasteiger charge is -2.17. The minimum Gasteiger partial charge on any atom is -0.457 e. The van der Waals surface area contributed by atoms with E-state index in [1.807, 2.05) is 36.4 Å². The van der Waals surface area contributed by atoms with E-state index in [0.29, 0.717) is 34.4 Å².